The Morgan fingerprint density at radius 3 is 2.94 bits per heavy atom. The highest BCUT2D eigenvalue weighted by Gasteiger charge is 2.29. The number of hydrogen-bond donors (Lipinski definition) is 1. The van der Waals surface area contributed by atoms with Gasteiger partial charge in [-0.25, -0.2) is 0 Å². The van der Waals surface area contributed by atoms with E-state index < -0.39 is 0 Å². The molecule has 2 rings (SSSR count). The van der Waals surface area contributed by atoms with E-state index in [-0.39, 0.29) is 6.10 Å². The van der Waals surface area contributed by atoms with E-state index in [1.807, 2.05) is 18.3 Å². The smallest absolute Gasteiger partial charge is 0.0695 e. The van der Waals surface area contributed by atoms with Crippen LogP contribution in [-0.4, -0.2) is 40.7 Å². The summed E-state index contributed by atoms with van der Waals surface area (Å²) in [6, 6.07) is 6.35. The minimum Gasteiger partial charge on any atom is -0.391 e. The summed E-state index contributed by atoms with van der Waals surface area (Å²) in [7, 11) is 2.12. The second-order valence-electron chi connectivity index (χ2n) is 5.60. The van der Waals surface area contributed by atoms with Crippen molar-refractivity contribution < 1.29 is 5.11 Å². The van der Waals surface area contributed by atoms with Crippen molar-refractivity contribution >= 4 is 0 Å². The van der Waals surface area contributed by atoms with E-state index in [1.165, 1.54) is 0 Å². The number of aliphatic hydroxyl groups is 1. The normalized spacial score (nSPS) is 28.6. The number of hydrogen-bond acceptors (Lipinski definition) is 3. The molecule has 0 radical (unpaired) electrons. The molecule has 1 aromatic heterocycles. The van der Waals surface area contributed by atoms with Crippen LogP contribution in [-0.2, 0) is 6.42 Å². The van der Waals surface area contributed by atoms with E-state index >= 15 is 0 Å². The molecule has 100 valence electrons. The molecule has 1 heterocycles. The first-order valence-corrected chi connectivity index (χ1v) is 6.95. The molecule has 1 aromatic rings. The molecule has 0 saturated heterocycles. The fourth-order valence-electron chi connectivity index (χ4n) is 2.81. The maximum absolute atomic E-state index is 10.1. The number of nitrogens with zero attached hydrogens (tertiary/aromatic N) is 2. The number of pyridine rings is 1. The average Bonchev–Trinajstić information content (AvgIpc) is 2.40. The second kappa shape index (κ2) is 6.30. The van der Waals surface area contributed by atoms with Crippen LogP contribution in [0.4, 0.5) is 0 Å². The summed E-state index contributed by atoms with van der Waals surface area (Å²) in [6.07, 6.45) is 5.85. The SMILES string of the molecule is CC1CCC(O)C(N(C)CCc2ccccn2)C1. The molecule has 1 aliphatic rings. The highest BCUT2D eigenvalue weighted by atomic mass is 16.3. The molecule has 0 amide bonds. The van der Waals surface area contributed by atoms with Crippen LogP contribution >= 0.6 is 0 Å². The zero-order chi connectivity index (χ0) is 13.0. The van der Waals surface area contributed by atoms with Gasteiger partial charge in [-0.3, -0.25) is 4.98 Å². The van der Waals surface area contributed by atoms with Gasteiger partial charge in [0.2, 0.25) is 0 Å². The molecule has 18 heavy (non-hydrogen) atoms. The fraction of sp³-hybridized carbons (Fsp3) is 0.667. The lowest BCUT2D eigenvalue weighted by molar-refractivity contribution is 0.0176. The van der Waals surface area contributed by atoms with Crippen molar-refractivity contribution in [3.8, 4) is 0 Å². The summed E-state index contributed by atoms with van der Waals surface area (Å²) in [6.45, 7) is 3.25. The van der Waals surface area contributed by atoms with Crippen molar-refractivity contribution in [1.82, 2.24) is 9.88 Å². The van der Waals surface area contributed by atoms with Crippen molar-refractivity contribution in [2.24, 2.45) is 5.92 Å². The Labute approximate surface area is 110 Å². The van der Waals surface area contributed by atoms with E-state index in [2.05, 4.69) is 29.9 Å². The van der Waals surface area contributed by atoms with Gasteiger partial charge in [0.25, 0.3) is 0 Å². The molecular formula is C15H24N2O. The second-order valence-corrected chi connectivity index (χ2v) is 5.60. The van der Waals surface area contributed by atoms with E-state index in [4.69, 9.17) is 0 Å². The van der Waals surface area contributed by atoms with E-state index in [1.54, 1.807) is 0 Å². The van der Waals surface area contributed by atoms with Gasteiger partial charge in [0, 0.05) is 30.9 Å². The summed E-state index contributed by atoms with van der Waals surface area (Å²) >= 11 is 0. The highest BCUT2D eigenvalue weighted by molar-refractivity contribution is 5.04. The molecular weight excluding hydrogens is 224 g/mol. The largest absolute Gasteiger partial charge is 0.391 e. The van der Waals surface area contributed by atoms with E-state index in [0.29, 0.717) is 6.04 Å². The predicted molar refractivity (Wildman–Crippen MR) is 73.4 cm³/mol. The molecule has 0 spiro atoms. The predicted octanol–water partition coefficient (Wildman–Crippen LogP) is 2.11. The van der Waals surface area contributed by atoms with Gasteiger partial charge >= 0.3 is 0 Å². The molecule has 3 nitrogen and oxygen atoms in total. The van der Waals surface area contributed by atoms with Crippen molar-refractivity contribution in [3.05, 3.63) is 30.1 Å². The van der Waals surface area contributed by atoms with Crippen LogP contribution in [0.1, 0.15) is 31.9 Å². The Balaban J connectivity index is 1.85. The number of likely N-dealkylation sites (N-methyl/N-ethyl adjacent to an activating group) is 1. The lowest BCUT2D eigenvalue weighted by Crippen LogP contribution is -2.45. The molecule has 0 aromatic carbocycles. The van der Waals surface area contributed by atoms with Gasteiger partial charge in [0.1, 0.15) is 0 Å². The molecule has 1 fully saturated rings. The van der Waals surface area contributed by atoms with Crippen LogP contribution in [0, 0.1) is 5.92 Å². The van der Waals surface area contributed by atoms with Gasteiger partial charge in [-0.2, -0.15) is 0 Å². The standard InChI is InChI=1S/C15H24N2O/c1-12-6-7-15(18)14(11-12)17(2)10-8-13-5-3-4-9-16-13/h3-5,9,12,14-15,18H,6-8,10-11H2,1-2H3. The number of rotatable bonds is 4. The van der Waals surface area contributed by atoms with E-state index in [0.717, 1.165) is 43.8 Å². The maximum atomic E-state index is 10.1. The third kappa shape index (κ3) is 3.53. The lowest BCUT2D eigenvalue weighted by atomic mass is 9.84. The third-order valence-corrected chi connectivity index (χ3v) is 4.06. The fourth-order valence-corrected chi connectivity index (χ4v) is 2.81. The molecule has 3 atom stereocenters. The Morgan fingerprint density at radius 2 is 2.22 bits per heavy atom. The summed E-state index contributed by atoms with van der Waals surface area (Å²) in [5.41, 5.74) is 1.13. The first kappa shape index (κ1) is 13.5. The Morgan fingerprint density at radius 1 is 1.39 bits per heavy atom. The molecule has 0 bridgehead atoms. The highest BCUT2D eigenvalue weighted by Crippen LogP contribution is 2.27. The van der Waals surface area contributed by atoms with Crippen molar-refractivity contribution in [2.45, 2.75) is 44.8 Å². The Hall–Kier alpha value is -0.930. The van der Waals surface area contributed by atoms with E-state index in [9.17, 15) is 5.11 Å². The van der Waals surface area contributed by atoms with Gasteiger partial charge in [-0.1, -0.05) is 13.0 Å². The zero-order valence-corrected chi connectivity index (χ0v) is 11.4. The van der Waals surface area contributed by atoms with Crippen LogP contribution < -0.4 is 0 Å². The Kier molecular flexibility index (Phi) is 4.72. The number of aliphatic hydroxyl groups excluding tert-OH is 1. The molecule has 0 aliphatic heterocycles. The first-order valence-electron chi connectivity index (χ1n) is 6.95. The lowest BCUT2D eigenvalue weighted by Gasteiger charge is -2.37. The van der Waals surface area contributed by atoms with Gasteiger partial charge < -0.3 is 10.0 Å². The summed E-state index contributed by atoms with van der Waals surface area (Å²) in [5, 5.41) is 10.1. The van der Waals surface area contributed by atoms with Gasteiger partial charge in [0.15, 0.2) is 0 Å². The van der Waals surface area contributed by atoms with Crippen LogP contribution in [0.15, 0.2) is 24.4 Å². The van der Waals surface area contributed by atoms with Gasteiger partial charge in [-0.15, -0.1) is 0 Å². The number of aromatic nitrogens is 1. The van der Waals surface area contributed by atoms with Crippen LogP contribution in [0.5, 0.6) is 0 Å². The zero-order valence-electron chi connectivity index (χ0n) is 11.4. The molecule has 3 heteroatoms. The van der Waals surface area contributed by atoms with Crippen molar-refractivity contribution in [1.29, 1.82) is 0 Å². The third-order valence-electron chi connectivity index (χ3n) is 4.06. The van der Waals surface area contributed by atoms with Gasteiger partial charge in [-0.05, 0) is 44.4 Å². The maximum Gasteiger partial charge on any atom is 0.0695 e. The molecule has 1 saturated carbocycles. The first-order chi connectivity index (χ1) is 8.66. The van der Waals surface area contributed by atoms with Crippen LogP contribution in [0.2, 0.25) is 0 Å². The minimum atomic E-state index is -0.157. The summed E-state index contributed by atoms with van der Waals surface area (Å²) in [5.74, 6) is 0.732. The Bertz CT molecular complexity index is 355. The minimum absolute atomic E-state index is 0.157. The quantitative estimate of drug-likeness (QED) is 0.886. The monoisotopic (exact) mass is 248 g/mol. The topological polar surface area (TPSA) is 36.4 Å². The molecule has 1 aliphatic carbocycles. The molecule has 1 N–H and O–H groups in total. The van der Waals surface area contributed by atoms with Crippen molar-refractivity contribution in [2.75, 3.05) is 13.6 Å². The van der Waals surface area contributed by atoms with Crippen LogP contribution in [0.25, 0.3) is 0 Å². The summed E-state index contributed by atoms with van der Waals surface area (Å²) < 4.78 is 0. The summed E-state index contributed by atoms with van der Waals surface area (Å²) in [4.78, 5) is 6.64. The average molecular weight is 248 g/mol. The van der Waals surface area contributed by atoms with Crippen LogP contribution in [0.3, 0.4) is 0 Å². The van der Waals surface area contributed by atoms with Gasteiger partial charge in [0.05, 0.1) is 6.10 Å². The molecule has 3 unspecified atom stereocenters. The van der Waals surface area contributed by atoms with Crippen molar-refractivity contribution in [3.63, 3.8) is 0 Å².